The monoisotopic (exact) mass is 266 g/mol. The first kappa shape index (κ1) is 14.0. The fourth-order valence-corrected chi connectivity index (χ4v) is 2.67. The number of nitrogens with one attached hydrogen (secondary N) is 1. The van der Waals surface area contributed by atoms with Crippen molar-refractivity contribution in [1.82, 2.24) is 10.2 Å². The quantitative estimate of drug-likeness (QED) is 0.870. The average Bonchev–Trinajstić information content (AvgIpc) is 2.42. The van der Waals surface area contributed by atoms with Crippen molar-refractivity contribution in [2.45, 2.75) is 25.4 Å². The molecule has 0 bridgehead atoms. The summed E-state index contributed by atoms with van der Waals surface area (Å²) in [6, 6.07) is 5.83. The highest BCUT2D eigenvalue weighted by atomic mass is 19.1. The van der Waals surface area contributed by atoms with Crippen molar-refractivity contribution in [1.29, 1.82) is 0 Å². The second kappa shape index (κ2) is 6.12. The number of aliphatic carboxylic acids is 1. The van der Waals surface area contributed by atoms with Gasteiger partial charge in [-0.2, -0.15) is 0 Å². The third kappa shape index (κ3) is 3.11. The van der Waals surface area contributed by atoms with Crippen molar-refractivity contribution in [2.75, 3.05) is 19.6 Å². The summed E-state index contributed by atoms with van der Waals surface area (Å²) in [7, 11) is 0. The van der Waals surface area contributed by atoms with Crippen LogP contribution in [-0.4, -0.2) is 41.7 Å². The van der Waals surface area contributed by atoms with Crippen molar-refractivity contribution < 1.29 is 14.3 Å². The smallest absolute Gasteiger partial charge is 0.322 e. The van der Waals surface area contributed by atoms with Crippen LogP contribution in [0.25, 0.3) is 0 Å². The van der Waals surface area contributed by atoms with Gasteiger partial charge in [-0.15, -0.1) is 0 Å². The van der Waals surface area contributed by atoms with Gasteiger partial charge in [-0.1, -0.05) is 19.1 Å². The van der Waals surface area contributed by atoms with Crippen molar-refractivity contribution >= 4 is 5.97 Å². The Morgan fingerprint density at radius 2 is 2.21 bits per heavy atom. The zero-order chi connectivity index (χ0) is 13.8. The summed E-state index contributed by atoms with van der Waals surface area (Å²) >= 11 is 0. The Labute approximate surface area is 112 Å². The maximum absolute atomic E-state index is 13.0. The Morgan fingerprint density at radius 1 is 1.53 bits per heavy atom. The summed E-state index contributed by atoms with van der Waals surface area (Å²) in [6.45, 7) is 3.94. The molecule has 1 aromatic carbocycles. The molecule has 0 aromatic heterocycles. The first-order valence-electron chi connectivity index (χ1n) is 6.58. The van der Waals surface area contributed by atoms with E-state index in [1.165, 1.54) is 12.1 Å². The molecule has 0 spiro atoms. The maximum atomic E-state index is 13.0. The van der Waals surface area contributed by atoms with Crippen LogP contribution in [0.5, 0.6) is 0 Å². The minimum Gasteiger partial charge on any atom is -0.480 e. The SMILES string of the molecule is CCC(c1ccc(F)cc1)N1CCNCC1C(=O)O. The third-order valence-electron chi connectivity index (χ3n) is 3.61. The van der Waals surface area contributed by atoms with Gasteiger partial charge in [-0.05, 0) is 24.1 Å². The second-order valence-corrected chi connectivity index (χ2v) is 4.77. The largest absolute Gasteiger partial charge is 0.480 e. The van der Waals surface area contributed by atoms with Crippen LogP contribution in [-0.2, 0) is 4.79 Å². The van der Waals surface area contributed by atoms with Gasteiger partial charge in [0.15, 0.2) is 0 Å². The highest BCUT2D eigenvalue weighted by Gasteiger charge is 2.33. The predicted octanol–water partition coefficient (Wildman–Crippen LogP) is 1.64. The molecule has 0 aliphatic carbocycles. The summed E-state index contributed by atoms with van der Waals surface area (Å²) in [6.07, 6.45) is 0.801. The number of nitrogens with zero attached hydrogens (tertiary/aromatic N) is 1. The van der Waals surface area contributed by atoms with Crippen LogP contribution in [0.3, 0.4) is 0 Å². The summed E-state index contributed by atoms with van der Waals surface area (Å²) in [4.78, 5) is 13.3. The molecule has 2 N–H and O–H groups in total. The van der Waals surface area contributed by atoms with Gasteiger partial charge in [-0.25, -0.2) is 4.39 Å². The van der Waals surface area contributed by atoms with Gasteiger partial charge in [0.1, 0.15) is 11.9 Å². The van der Waals surface area contributed by atoms with Gasteiger partial charge < -0.3 is 10.4 Å². The number of rotatable bonds is 4. The van der Waals surface area contributed by atoms with Gasteiger partial charge in [0.25, 0.3) is 0 Å². The first-order valence-corrected chi connectivity index (χ1v) is 6.58. The summed E-state index contributed by atoms with van der Waals surface area (Å²) < 4.78 is 13.0. The molecule has 19 heavy (non-hydrogen) atoms. The summed E-state index contributed by atoms with van der Waals surface area (Å²) in [5.41, 5.74) is 0.969. The molecule has 1 heterocycles. The molecule has 0 amide bonds. The maximum Gasteiger partial charge on any atom is 0.322 e. The lowest BCUT2D eigenvalue weighted by Gasteiger charge is -2.39. The van der Waals surface area contributed by atoms with Crippen LogP contribution in [0.4, 0.5) is 4.39 Å². The van der Waals surface area contributed by atoms with E-state index in [0.29, 0.717) is 13.1 Å². The molecule has 1 aromatic rings. The average molecular weight is 266 g/mol. The highest BCUT2D eigenvalue weighted by molar-refractivity contribution is 5.74. The lowest BCUT2D eigenvalue weighted by Crippen LogP contribution is -2.55. The number of piperazine rings is 1. The van der Waals surface area contributed by atoms with E-state index in [1.807, 2.05) is 11.8 Å². The fraction of sp³-hybridized carbons (Fsp3) is 0.500. The van der Waals surface area contributed by atoms with Gasteiger partial charge >= 0.3 is 5.97 Å². The van der Waals surface area contributed by atoms with Crippen LogP contribution in [0, 0.1) is 5.82 Å². The van der Waals surface area contributed by atoms with E-state index < -0.39 is 12.0 Å². The highest BCUT2D eigenvalue weighted by Crippen LogP contribution is 2.27. The van der Waals surface area contributed by atoms with Crippen LogP contribution < -0.4 is 5.32 Å². The molecule has 2 atom stereocenters. The number of benzene rings is 1. The zero-order valence-corrected chi connectivity index (χ0v) is 11.0. The second-order valence-electron chi connectivity index (χ2n) is 4.77. The molecule has 2 rings (SSSR count). The normalized spacial score (nSPS) is 22.1. The number of halogens is 1. The first-order chi connectivity index (χ1) is 9.13. The van der Waals surface area contributed by atoms with Crippen molar-refractivity contribution in [3.8, 4) is 0 Å². The predicted molar refractivity (Wildman–Crippen MR) is 70.4 cm³/mol. The van der Waals surface area contributed by atoms with Crippen molar-refractivity contribution in [3.05, 3.63) is 35.6 Å². The number of hydrogen-bond acceptors (Lipinski definition) is 3. The van der Waals surface area contributed by atoms with E-state index in [9.17, 15) is 14.3 Å². The summed E-state index contributed by atoms with van der Waals surface area (Å²) in [5, 5.41) is 12.4. The Hall–Kier alpha value is -1.46. The van der Waals surface area contributed by atoms with Crippen molar-refractivity contribution in [3.63, 3.8) is 0 Å². The molecule has 2 unspecified atom stereocenters. The van der Waals surface area contributed by atoms with Gasteiger partial charge in [0, 0.05) is 25.7 Å². The molecular weight excluding hydrogens is 247 g/mol. The van der Waals surface area contributed by atoms with Gasteiger partial charge in [-0.3, -0.25) is 9.69 Å². The zero-order valence-electron chi connectivity index (χ0n) is 11.0. The van der Waals surface area contributed by atoms with Crippen LogP contribution in [0.2, 0.25) is 0 Å². The molecule has 0 saturated carbocycles. The number of carbonyl (C=O) groups is 1. The molecule has 0 radical (unpaired) electrons. The molecule has 104 valence electrons. The fourth-order valence-electron chi connectivity index (χ4n) is 2.67. The molecule has 1 aliphatic heterocycles. The van der Waals surface area contributed by atoms with E-state index in [-0.39, 0.29) is 11.9 Å². The Bertz CT molecular complexity index is 436. The minimum absolute atomic E-state index is 0.0174. The number of carboxylic acid groups (broad SMARTS) is 1. The number of carboxylic acids is 1. The van der Waals surface area contributed by atoms with E-state index in [1.54, 1.807) is 12.1 Å². The van der Waals surface area contributed by atoms with Crippen LogP contribution >= 0.6 is 0 Å². The summed E-state index contributed by atoms with van der Waals surface area (Å²) in [5.74, 6) is -1.08. The van der Waals surface area contributed by atoms with E-state index in [4.69, 9.17) is 0 Å². The Balaban J connectivity index is 2.24. The molecule has 1 saturated heterocycles. The lowest BCUT2D eigenvalue weighted by molar-refractivity contribution is -0.145. The van der Waals surface area contributed by atoms with E-state index in [2.05, 4.69) is 5.32 Å². The Morgan fingerprint density at radius 3 is 2.79 bits per heavy atom. The van der Waals surface area contributed by atoms with Crippen molar-refractivity contribution in [2.24, 2.45) is 0 Å². The van der Waals surface area contributed by atoms with E-state index >= 15 is 0 Å². The van der Waals surface area contributed by atoms with E-state index in [0.717, 1.165) is 18.5 Å². The van der Waals surface area contributed by atoms with Crippen LogP contribution in [0.1, 0.15) is 24.9 Å². The Kier molecular flexibility index (Phi) is 4.50. The molecular formula is C14H19FN2O2. The topological polar surface area (TPSA) is 52.6 Å². The molecule has 1 fully saturated rings. The minimum atomic E-state index is -0.812. The van der Waals surface area contributed by atoms with Gasteiger partial charge in [0.2, 0.25) is 0 Å². The third-order valence-corrected chi connectivity index (χ3v) is 3.61. The molecule has 1 aliphatic rings. The van der Waals surface area contributed by atoms with Gasteiger partial charge in [0.05, 0.1) is 0 Å². The molecule has 4 nitrogen and oxygen atoms in total. The molecule has 5 heteroatoms. The van der Waals surface area contributed by atoms with Crippen LogP contribution in [0.15, 0.2) is 24.3 Å². The lowest BCUT2D eigenvalue weighted by atomic mass is 9.99. The number of hydrogen-bond donors (Lipinski definition) is 2. The standard InChI is InChI=1S/C14H19FN2O2/c1-2-12(10-3-5-11(15)6-4-10)17-8-7-16-9-13(17)14(18)19/h3-6,12-13,16H,2,7-9H2,1H3,(H,18,19).